The van der Waals surface area contributed by atoms with Gasteiger partial charge in [0, 0.05) is 25.2 Å². The second-order valence-electron chi connectivity index (χ2n) is 5.58. The first-order chi connectivity index (χ1) is 9.67. The van der Waals surface area contributed by atoms with E-state index in [1.807, 2.05) is 11.8 Å². The number of hydrogen-bond acceptors (Lipinski definition) is 5. The first-order valence-corrected chi connectivity index (χ1v) is 8.13. The summed E-state index contributed by atoms with van der Waals surface area (Å²) in [7, 11) is 0. The molecule has 2 aliphatic rings. The Morgan fingerprint density at radius 2 is 2.30 bits per heavy atom. The Morgan fingerprint density at radius 3 is 3.05 bits per heavy atom. The van der Waals surface area contributed by atoms with E-state index in [2.05, 4.69) is 27.3 Å². The smallest absolute Gasteiger partial charge is 0.319 e. The number of urea groups is 1. The molecule has 1 aromatic rings. The van der Waals surface area contributed by atoms with Gasteiger partial charge in [-0.25, -0.2) is 4.79 Å². The van der Waals surface area contributed by atoms with Crippen molar-refractivity contribution in [3.8, 4) is 0 Å². The lowest BCUT2D eigenvalue weighted by molar-refractivity contribution is 0.0861. The standard InChI is InChI=1S/C13H21N5OS/c1-3-11-15-16-12(20-11)14-13(19)18-8-10-5-4-6-17(10)7-9(18)2/h9-10H,3-8H2,1-2H3,(H,14,16,19)/t9-,10+/m0/s1. The Balaban J connectivity index is 1.64. The van der Waals surface area contributed by atoms with E-state index in [1.54, 1.807) is 0 Å². The molecule has 2 saturated heterocycles. The molecule has 0 aliphatic carbocycles. The zero-order chi connectivity index (χ0) is 14.1. The molecule has 6 nitrogen and oxygen atoms in total. The molecule has 0 bridgehead atoms. The molecule has 0 saturated carbocycles. The van der Waals surface area contributed by atoms with Gasteiger partial charge in [0.1, 0.15) is 5.01 Å². The average molecular weight is 295 g/mol. The van der Waals surface area contributed by atoms with E-state index in [9.17, 15) is 4.79 Å². The zero-order valence-electron chi connectivity index (χ0n) is 12.0. The molecule has 0 spiro atoms. The van der Waals surface area contributed by atoms with Crippen LogP contribution in [-0.4, -0.2) is 57.7 Å². The number of rotatable bonds is 2. The molecule has 2 atom stereocenters. The molecular formula is C13H21N5OS. The number of carbonyl (C=O) groups is 1. The molecule has 0 unspecified atom stereocenters. The first-order valence-electron chi connectivity index (χ1n) is 7.31. The number of piperazine rings is 1. The highest BCUT2D eigenvalue weighted by atomic mass is 32.1. The minimum Gasteiger partial charge on any atom is -0.319 e. The van der Waals surface area contributed by atoms with E-state index in [4.69, 9.17) is 0 Å². The summed E-state index contributed by atoms with van der Waals surface area (Å²) in [6.45, 7) is 7.14. The third-order valence-electron chi connectivity index (χ3n) is 4.18. The number of aryl methyl sites for hydroxylation is 1. The molecule has 1 N–H and O–H groups in total. The third-order valence-corrected chi connectivity index (χ3v) is 5.16. The van der Waals surface area contributed by atoms with Gasteiger partial charge in [0.2, 0.25) is 5.13 Å². The van der Waals surface area contributed by atoms with Crippen molar-refractivity contribution in [3.63, 3.8) is 0 Å². The number of carbonyl (C=O) groups excluding carboxylic acids is 1. The Bertz CT molecular complexity index is 491. The lowest BCUT2D eigenvalue weighted by Gasteiger charge is -2.41. The number of nitrogens with one attached hydrogen (secondary N) is 1. The Morgan fingerprint density at radius 1 is 1.45 bits per heavy atom. The second kappa shape index (κ2) is 5.65. The van der Waals surface area contributed by atoms with Crippen molar-refractivity contribution in [1.29, 1.82) is 0 Å². The Kier molecular flexibility index (Phi) is 3.89. The summed E-state index contributed by atoms with van der Waals surface area (Å²) in [5.74, 6) is 0. The van der Waals surface area contributed by atoms with Gasteiger partial charge in [-0.1, -0.05) is 18.3 Å². The average Bonchev–Trinajstić information content (AvgIpc) is 3.05. The van der Waals surface area contributed by atoms with Crippen LogP contribution in [0.2, 0.25) is 0 Å². The number of amides is 2. The van der Waals surface area contributed by atoms with Crippen LogP contribution in [0.1, 0.15) is 31.7 Å². The summed E-state index contributed by atoms with van der Waals surface area (Å²) in [5, 5.41) is 12.5. The number of hydrogen-bond donors (Lipinski definition) is 1. The van der Waals surface area contributed by atoms with Gasteiger partial charge in [-0.3, -0.25) is 10.2 Å². The van der Waals surface area contributed by atoms with Crippen molar-refractivity contribution in [2.75, 3.05) is 25.0 Å². The maximum absolute atomic E-state index is 12.4. The summed E-state index contributed by atoms with van der Waals surface area (Å²) >= 11 is 1.45. The highest BCUT2D eigenvalue weighted by Gasteiger charge is 2.36. The Hall–Kier alpha value is -1.21. The number of aromatic nitrogens is 2. The van der Waals surface area contributed by atoms with Gasteiger partial charge >= 0.3 is 6.03 Å². The second-order valence-corrected chi connectivity index (χ2v) is 6.64. The van der Waals surface area contributed by atoms with Gasteiger partial charge in [0.25, 0.3) is 0 Å². The SMILES string of the molecule is CCc1nnc(NC(=O)N2C[C@H]3CCCN3C[C@@H]2C)s1. The minimum absolute atomic E-state index is 0.0390. The third kappa shape index (κ3) is 2.64. The highest BCUT2D eigenvalue weighted by Crippen LogP contribution is 2.25. The molecule has 2 aliphatic heterocycles. The minimum atomic E-state index is -0.0390. The Labute approximate surface area is 123 Å². The lowest BCUT2D eigenvalue weighted by Crippen LogP contribution is -2.57. The van der Waals surface area contributed by atoms with Crippen LogP contribution in [0.3, 0.4) is 0 Å². The van der Waals surface area contributed by atoms with E-state index in [1.165, 1.54) is 30.7 Å². The molecule has 2 amide bonds. The van der Waals surface area contributed by atoms with Gasteiger partial charge in [0.15, 0.2) is 0 Å². The topological polar surface area (TPSA) is 61.4 Å². The normalized spacial score (nSPS) is 26.6. The van der Waals surface area contributed by atoms with Crippen LogP contribution >= 0.6 is 11.3 Å². The lowest BCUT2D eigenvalue weighted by atomic mass is 10.1. The van der Waals surface area contributed by atoms with Gasteiger partial charge < -0.3 is 4.90 Å². The van der Waals surface area contributed by atoms with Crippen molar-refractivity contribution < 1.29 is 4.79 Å². The first kappa shape index (κ1) is 13.8. The van der Waals surface area contributed by atoms with Crippen LogP contribution < -0.4 is 5.32 Å². The monoisotopic (exact) mass is 295 g/mol. The van der Waals surface area contributed by atoms with Crippen LogP contribution in [0.15, 0.2) is 0 Å². The largest absolute Gasteiger partial charge is 0.324 e. The van der Waals surface area contributed by atoms with Gasteiger partial charge in [-0.05, 0) is 32.7 Å². The predicted molar refractivity (Wildman–Crippen MR) is 79.1 cm³/mol. The van der Waals surface area contributed by atoms with E-state index in [0.717, 1.165) is 24.5 Å². The van der Waals surface area contributed by atoms with Crippen LogP contribution in [-0.2, 0) is 6.42 Å². The molecule has 20 heavy (non-hydrogen) atoms. The quantitative estimate of drug-likeness (QED) is 0.904. The van der Waals surface area contributed by atoms with E-state index < -0.39 is 0 Å². The van der Waals surface area contributed by atoms with Crippen molar-refractivity contribution in [1.82, 2.24) is 20.0 Å². The maximum atomic E-state index is 12.4. The number of anilines is 1. The van der Waals surface area contributed by atoms with Crippen molar-refractivity contribution in [2.24, 2.45) is 0 Å². The molecule has 2 fully saturated rings. The number of nitrogens with zero attached hydrogens (tertiary/aromatic N) is 4. The predicted octanol–water partition coefficient (Wildman–Crippen LogP) is 1.80. The fourth-order valence-electron chi connectivity index (χ4n) is 3.08. The highest BCUT2D eigenvalue weighted by molar-refractivity contribution is 7.15. The number of fused-ring (bicyclic) bond motifs is 1. The molecule has 0 radical (unpaired) electrons. The van der Waals surface area contributed by atoms with Gasteiger partial charge in [0.05, 0.1) is 0 Å². The molecule has 7 heteroatoms. The van der Waals surface area contributed by atoms with Crippen LogP contribution in [0, 0.1) is 0 Å². The molecule has 3 rings (SSSR count). The summed E-state index contributed by atoms with van der Waals surface area (Å²) in [6, 6.07) is 0.753. The van der Waals surface area contributed by atoms with E-state index in [-0.39, 0.29) is 12.1 Å². The van der Waals surface area contributed by atoms with E-state index in [0.29, 0.717) is 11.2 Å². The van der Waals surface area contributed by atoms with Gasteiger partial charge in [-0.2, -0.15) is 0 Å². The summed E-state index contributed by atoms with van der Waals surface area (Å²) < 4.78 is 0. The molecule has 3 heterocycles. The van der Waals surface area contributed by atoms with Gasteiger partial charge in [-0.15, -0.1) is 10.2 Å². The molecule has 110 valence electrons. The summed E-state index contributed by atoms with van der Waals surface area (Å²) in [6.07, 6.45) is 3.31. The molecule has 1 aromatic heterocycles. The maximum Gasteiger partial charge on any atom is 0.324 e. The van der Waals surface area contributed by atoms with Crippen LogP contribution in [0.5, 0.6) is 0 Å². The fraction of sp³-hybridized carbons (Fsp3) is 0.769. The zero-order valence-corrected chi connectivity index (χ0v) is 12.8. The van der Waals surface area contributed by atoms with E-state index >= 15 is 0 Å². The van der Waals surface area contributed by atoms with Crippen molar-refractivity contribution in [3.05, 3.63) is 5.01 Å². The van der Waals surface area contributed by atoms with Crippen LogP contribution in [0.25, 0.3) is 0 Å². The van der Waals surface area contributed by atoms with Crippen molar-refractivity contribution in [2.45, 2.75) is 45.2 Å². The van der Waals surface area contributed by atoms with Crippen molar-refractivity contribution >= 4 is 22.5 Å². The molecular weight excluding hydrogens is 274 g/mol. The molecule has 0 aromatic carbocycles. The van der Waals surface area contributed by atoms with Crippen LogP contribution in [0.4, 0.5) is 9.93 Å². The summed E-state index contributed by atoms with van der Waals surface area (Å²) in [4.78, 5) is 16.9. The summed E-state index contributed by atoms with van der Waals surface area (Å²) in [5.41, 5.74) is 0. The fourth-order valence-corrected chi connectivity index (χ4v) is 3.75.